The van der Waals surface area contributed by atoms with Crippen LogP contribution >= 0.6 is 15.9 Å². The number of aromatic amines is 1. The first kappa shape index (κ1) is 11.8. The molecule has 15 heavy (non-hydrogen) atoms. The van der Waals surface area contributed by atoms with Gasteiger partial charge in [-0.25, -0.2) is 0 Å². The van der Waals surface area contributed by atoms with Crippen LogP contribution in [0.2, 0.25) is 0 Å². The summed E-state index contributed by atoms with van der Waals surface area (Å²) in [5.74, 6) is 0. The molecule has 4 heteroatoms. The second-order valence-corrected chi connectivity index (χ2v) is 3.59. The monoisotopic (exact) mass is 269 g/mol. The number of H-pyrrole nitrogens is 1. The number of nitrogens with one attached hydrogen (secondary N) is 1. The van der Waals surface area contributed by atoms with E-state index < -0.39 is 0 Å². The molecule has 2 rings (SSSR count). The number of para-hydroxylation sites is 1. The minimum absolute atomic E-state index is 0.431. The van der Waals surface area contributed by atoms with Crippen molar-refractivity contribution < 1.29 is 9.53 Å². The summed E-state index contributed by atoms with van der Waals surface area (Å²) in [4.78, 5) is 12.3. The van der Waals surface area contributed by atoms with Crippen LogP contribution in [0.5, 0.6) is 0 Å². The number of carbonyl (C=O) groups excluding carboxylic acids is 1. The molecule has 0 aliphatic rings. The van der Waals surface area contributed by atoms with Gasteiger partial charge in [0, 0.05) is 21.6 Å². The fourth-order valence-electron chi connectivity index (χ4n) is 1.10. The van der Waals surface area contributed by atoms with Crippen molar-refractivity contribution in [3.05, 3.63) is 34.9 Å². The van der Waals surface area contributed by atoms with Gasteiger partial charge < -0.3 is 9.72 Å². The highest BCUT2D eigenvalue weighted by Crippen LogP contribution is 2.22. The second-order valence-electron chi connectivity index (χ2n) is 2.73. The first-order valence-corrected chi connectivity index (χ1v) is 5.35. The normalized spacial score (nSPS) is 9.20. The van der Waals surface area contributed by atoms with Crippen LogP contribution in [0.25, 0.3) is 10.9 Å². The molecule has 1 N–H and O–H groups in total. The van der Waals surface area contributed by atoms with Crippen molar-refractivity contribution in [3.8, 4) is 0 Å². The van der Waals surface area contributed by atoms with Crippen LogP contribution in [0.4, 0.5) is 0 Å². The van der Waals surface area contributed by atoms with Crippen LogP contribution in [0.15, 0.2) is 34.9 Å². The Hall–Kier alpha value is -1.29. The minimum Gasteiger partial charge on any atom is -0.468 e. The maximum Gasteiger partial charge on any atom is 0.293 e. The Bertz CT molecular complexity index is 425. The molecule has 0 aliphatic carbocycles. The topological polar surface area (TPSA) is 42.1 Å². The molecule has 1 heterocycles. The van der Waals surface area contributed by atoms with Crippen molar-refractivity contribution in [2.45, 2.75) is 6.92 Å². The largest absolute Gasteiger partial charge is 0.468 e. The van der Waals surface area contributed by atoms with E-state index in [1.54, 1.807) is 6.92 Å². The molecule has 0 bridgehead atoms. The number of hydrogen-bond acceptors (Lipinski definition) is 2. The summed E-state index contributed by atoms with van der Waals surface area (Å²) < 4.78 is 5.28. The van der Waals surface area contributed by atoms with Gasteiger partial charge in [0.2, 0.25) is 0 Å². The molecular weight excluding hydrogens is 258 g/mol. The Morgan fingerprint density at radius 3 is 2.73 bits per heavy atom. The highest BCUT2D eigenvalue weighted by atomic mass is 79.9. The Labute approximate surface area is 96.6 Å². The van der Waals surface area contributed by atoms with Crippen molar-refractivity contribution in [2.24, 2.45) is 0 Å². The summed E-state index contributed by atoms with van der Waals surface area (Å²) >= 11 is 3.44. The highest BCUT2D eigenvalue weighted by Gasteiger charge is 1.96. The number of ether oxygens (including phenoxy) is 1. The third-order valence-corrected chi connectivity index (χ3v) is 2.43. The molecule has 0 atom stereocenters. The van der Waals surface area contributed by atoms with E-state index in [-0.39, 0.29) is 0 Å². The number of carbonyl (C=O) groups is 1. The van der Waals surface area contributed by atoms with Gasteiger partial charge in [-0.3, -0.25) is 4.79 Å². The van der Waals surface area contributed by atoms with Crippen molar-refractivity contribution in [3.63, 3.8) is 0 Å². The summed E-state index contributed by atoms with van der Waals surface area (Å²) in [5.41, 5.74) is 1.18. The smallest absolute Gasteiger partial charge is 0.293 e. The van der Waals surface area contributed by atoms with Gasteiger partial charge in [-0.05, 0) is 28.9 Å². The van der Waals surface area contributed by atoms with Gasteiger partial charge in [0.1, 0.15) is 0 Å². The van der Waals surface area contributed by atoms with Gasteiger partial charge >= 0.3 is 0 Å². The predicted octanol–water partition coefficient (Wildman–Crippen LogP) is 3.11. The zero-order valence-electron chi connectivity index (χ0n) is 8.37. The first-order valence-electron chi connectivity index (χ1n) is 4.56. The summed E-state index contributed by atoms with van der Waals surface area (Å²) in [5, 5.41) is 1.24. The van der Waals surface area contributed by atoms with E-state index in [0.29, 0.717) is 13.1 Å². The van der Waals surface area contributed by atoms with E-state index in [1.807, 2.05) is 18.3 Å². The molecule has 1 aromatic heterocycles. The van der Waals surface area contributed by atoms with Crippen molar-refractivity contribution in [2.75, 3.05) is 6.61 Å². The van der Waals surface area contributed by atoms with Crippen LogP contribution in [0, 0.1) is 0 Å². The maximum absolute atomic E-state index is 9.18. The van der Waals surface area contributed by atoms with Crippen LogP contribution in [0.1, 0.15) is 6.92 Å². The van der Waals surface area contributed by atoms with Crippen LogP contribution in [-0.4, -0.2) is 18.1 Å². The lowest BCUT2D eigenvalue weighted by Crippen LogP contribution is -1.80. The lowest BCUT2D eigenvalue weighted by atomic mass is 10.3. The number of aromatic nitrogens is 1. The molecule has 0 saturated heterocycles. The third-order valence-electron chi connectivity index (χ3n) is 1.77. The van der Waals surface area contributed by atoms with E-state index in [1.165, 1.54) is 10.9 Å². The predicted molar refractivity (Wildman–Crippen MR) is 63.7 cm³/mol. The van der Waals surface area contributed by atoms with Gasteiger partial charge in [0.25, 0.3) is 6.47 Å². The Balaban J connectivity index is 0.000000195. The Morgan fingerprint density at radius 1 is 1.47 bits per heavy atom. The molecule has 80 valence electrons. The molecule has 0 amide bonds. The zero-order valence-corrected chi connectivity index (χ0v) is 9.95. The molecule has 2 aromatic rings. The van der Waals surface area contributed by atoms with Crippen LogP contribution in [-0.2, 0) is 9.53 Å². The van der Waals surface area contributed by atoms with Gasteiger partial charge in [-0.1, -0.05) is 18.2 Å². The van der Waals surface area contributed by atoms with E-state index in [0.717, 1.165) is 4.47 Å². The standard InChI is InChI=1S/C8H6BrN.C3H6O2/c9-7-5-10-8-4-2-1-3-6(7)8;1-2-5-3-4/h1-5,10H;3H,2H2,1H3. The van der Waals surface area contributed by atoms with E-state index in [2.05, 4.69) is 37.8 Å². The second kappa shape index (κ2) is 6.24. The molecule has 0 unspecified atom stereocenters. The number of hydrogen-bond donors (Lipinski definition) is 1. The van der Waals surface area contributed by atoms with E-state index in [9.17, 15) is 4.79 Å². The summed E-state index contributed by atoms with van der Waals surface area (Å²) in [6.45, 7) is 2.66. The third kappa shape index (κ3) is 3.40. The van der Waals surface area contributed by atoms with E-state index in [4.69, 9.17) is 0 Å². The maximum atomic E-state index is 9.18. The Morgan fingerprint density at radius 2 is 2.20 bits per heavy atom. The van der Waals surface area contributed by atoms with E-state index >= 15 is 0 Å². The molecule has 1 aromatic carbocycles. The highest BCUT2D eigenvalue weighted by molar-refractivity contribution is 9.10. The van der Waals surface area contributed by atoms with Crippen molar-refractivity contribution in [1.29, 1.82) is 0 Å². The molecule has 0 spiro atoms. The summed E-state index contributed by atoms with van der Waals surface area (Å²) in [7, 11) is 0. The molecule has 0 aliphatic heterocycles. The number of rotatable bonds is 2. The average Bonchev–Trinajstić information content (AvgIpc) is 2.64. The van der Waals surface area contributed by atoms with Gasteiger partial charge in [-0.2, -0.15) is 0 Å². The van der Waals surface area contributed by atoms with Gasteiger partial charge in [-0.15, -0.1) is 0 Å². The number of fused-ring (bicyclic) bond motifs is 1. The SMILES string of the molecule is Brc1c[nH]c2ccccc12.CCOC=O. The number of halogens is 1. The molecule has 0 radical (unpaired) electrons. The van der Waals surface area contributed by atoms with Gasteiger partial charge in [0.15, 0.2) is 0 Å². The quantitative estimate of drug-likeness (QED) is 0.852. The molecule has 0 fully saturated rings. The van der Waals surface area contributed by atoms with Crippen LogP contribution < -0.4 is 0 Å². The van der Waals surface area contributed by atoms with Crippen LogP contribution in [0.3, 0.4) is 0 Å². The van der Waals surface area contributed by atoms with Crippen molar-refractivity contribution >= 4 is 33.3 Å². The fourth-order valence-corrected chi connectivity index (χ4v) is 1.56. The summed E-state index contributed by atoms with van der Waals surface area (Å²) in [6.07, 6.45) is 1.95. The van der Waals surface area contributed by atoms with Crippen molar-refractivity contribution in [1.82, 2.24) is 4.98 Å². The zero-order chi connectivity index (χ0) is 11.1. The average molecular weight is 270 g/mol. The first-order chi connectivity index (χ1) is 7.29. The lowest BCUT2D eigenvalue weighted by molar-refractivity contribution is -0.128. The molecule has 3 nitrogen and oxygen atoms in total. The summed E-state index contributed by atoms with van der Waals surface area (Å²) in [6, 6.07) is 8.18. The molecule has 0 saturated carbocycles. The fraction of sp³-hybridized carbons (Fsp3) is 0.182. The Kier molecular flexibility index (Phi) is 4.90. The number of benzene rings is 1. The van der Waals surface area contributed by atoms with Gasteiger partial charge in [0.05, 0.1) is 6.61 Å². The lowest BCUT2D eigenvalue weighted by Gasteiger charge is -1.85. The molecular formula is C11H12BrNO2. The minimum atomic E-state index is 0.431.